The highest BCUT2D eigenvalue weighted by molar-refractivity contribution is 5.87. The Morgan fingerprint density at radius 3 is 2.24 bits per heavy atom. The summed E-state index contributed by atoms with van der Waals surface area (Å²) in [6.45, 7) is -1.24. The van der Waals surface area contributed by atoms with Gasteiger partial charge in [-0.1, -0.05) is 48.5 Å². The van der Waals surface area contributed by atoms with E-state index in [4.69, 9.17) is 4.74 Å². The van der Waals surface area contributed by atoms with Gasteiger partial charge in [-0.3, -0.25) is 9.59 Å². The van der Waals surface area contributed by atoms with E-state index in [0.717, 1.165) is 27.2 Å². The van der Waals surface area contributed by atoms with Crippen molar-refractivity contribution in [2.45, 2.75) is 43.2 Å². The van der Waals surface area contributed by atoms with E-state index < -0.39 is 48.4 Å². The molecule has 2 heterocycles. The van der Waals surface area contributed by atoms with Gasteiger partial charge in [-0.25, -0.2) is 4.79 Å². The number of carbonyl (C=O) groups excluding carboxylic acids is 2. The third kappa shape index (κ3) is 3.69. The van der Waals surface area contributed by atoms with Crippen LogP contribution in [-0.4, -0.2) is 59.1 Å². The van der Waals surface area contributed by atoms with Gasteiger partial charge in [0.25, 0.3) is 5.91 Å². The fourth-order valence-corrected chi connectivity index (χ4v) is 5.67. The maximum atomic E-state index is 14.7. The van der Waals surface area contributed by atoms with Gasteiger partial charge in [0, 0.05) is 18.0 Å². The van der Waals surface area contributed by atoms with E-state index in [0.29, 0.717) is 12.8 Å². The van der Waals surface area contributed by atoms with E-state index in [1.807, 2.05) is 53.8 Å². The first kappa shape index (κ1) is 22.3. The Morgan fingerprint density at radius 2 is 1.65 bits per heavy atom. The number of nitrogens with zero attached hydrogens (tertiary/aromatic N) is 1. The number of rotatable bonds is 6. The Kier molecular flexibility index (Phi) is 5.50. The highest BCUT2D eigenvalue weighted by atomic mass is 19.3. The van der Waals surface area contributed by atoms with Crippen molar-refractivity contribution < 1.29 is 33.0 Å². The number of alkyl halides is 2. The molecule has 1 aliphatic carbocycles. The molecule has 0 radical (unpaired) electrons. The van der Waals surface area contributed by atoms with Crippen LogP contribution in [0.1, 0.15) is 36.3 Å². The Hall–Kier alpha value is -3.49. The zero-order chi connectivity index (χ0) is 24.0. The third-order valence-corrected chi connectivity index (χ3v) is 7.20. The van der Waals surface area contributed by atoms with Crippen LogP contribution in [0.3, 0.4) is 0 Å². The van der Waals surface area contributed by atoms with Gasteiger partial charge in [0.05, 0.1) is 12.5 Å². The van der Waals surface area contributed by atoms with Crippen molar-refractivity contribution in [3.63, 3.8) is 0 Å². The largest absolute Gasteiger partial charge is 0.481 e. The number of benzene rings is 2. The first-order valence-electron chi connectivity index (χ1n) is 11.3. The zero-order valence-electron chi connectivity index (χ0n) is 18.2. The molecule has 2 bridgehead atoms. The molecule has 3 unspecified atom stereocenters. The molecule has 7 nitrogen and oxygen atoms in total. The fraction of sp³-hybridized carbons (Fsp3) is 0.400. The number of ether oxygens (including phenoxy) is 1. The number of nitrogens with one attached hydrogen (secondary N) is 1. The van der Waals surface area contributed by atoms with Gasteiger partial charge in [-0.05, 0) is 41.5 Å². The molecular formula is C25H24F2N2O5. The summed E-state index contributed by atoms with van der Waals surface area (Å²) in [6.07, 6.45) is 0.0446. The number of hydrogen-bond acceptors (Lipinski definition) is 4. The molecule has 178 valence electrons. The highest BCUT2D eigenvalue weighted by Gasteiger charge is 2.56. The predicted octanol–water partition coefficient (Wildman–Crippen LogP) is 3.62. The third-order valence-electron chi connectivity index (χ3n) is 7.20. The smallest absolute Gasteiger partial charge is 0.407 e. The lowest BCUT2D eigenvalue weighted by atomic mass is 9.89. The average molecular weight is 470 g/mol. The number of fused-ring (bicyclic) bond motifs is 5. The second-order valence-electron chi connectivity index (χ2n) is 9.07. The molecule has 2 aromatic rings. The lowest BCUT2D eigenvalue weighted by molar-refractivity contribution is -0.158. The molecule has 34 heavy (non-hydrogen) atoms. The molecule has 0 saturated carbocycles. The molecule has 3 aliphatic rings. The minimum Gasteiger partial charge on any atom is -0.481 e. The molecule has 0 aromatic heterocycles. The van der Waals surface area contributed by atoms with Crippen LogP contribution in [0.15, 0.2) is 48.5 Å². The summed E-state index contributed by atoms with van der Waals surface area (Å²) in [7, 11) is 0. The first-order valence-corrected chi connectivity index (χ1v) is 11.3. The van der Waals surface area contributed by atoms with Gasteiger partial charge >= 0.3 is 18.0 Å². The van der Waals surface area contributed by atoms with Crippen molar-refractivity contribution in [2.75, 3.05) is 13.2 Å². The second kappa shape index (κ2) is 8.38. The van der Waals surface area contributed by atoms with Crippen LogP contribution in [0.25, 0.3) is 11.1 Å². The molecule has 2 N–H and O–H groups in total. The molecular weight excluding hydrogens is 446 g/mol. The highest BCUT2D eigenvalue weighted by Crippen LogP contribution is 2.45. The quantitative estimate of drug-likeness (QED) is 0.672. The van der Waals surface area contributed by atoms with Crippen molar-refractivity contribution >= 4 is 18.0 Å². The minimum absolute atomic E-state index is 0.0318. The number of amides is 2. The van der Waals surface area contributed by atoms with Crippen LogP contribution in [0, 0.1) is 5.92 Å². The summed E-state index contributed by atoms with van der Waals surface area (Å²) in [6, 6.07) is 14.3. The van der Waals surface area contributed by atoms with Crippen molar-refractivity contribution in [2.24, 2.45) is 5.92 Å². The number of halogens is 2. The topological polar surface area (TPSA) is 95.9 Å². The summed E-state index contributed by atoms with van der Waals surface area (Å²) >= 11 is 0. The molecule has 3 atom stereocenters. The normalized spacial score (nSPS) is 22.9. The van der Waals surface area contributed by atoms with Crippen molar-refractivity contribution in [3.05, 3.63) is 59.7 Å². The number of aliphatic carboxylic acids is 1. The van der Waals surface area contributed by atoms with E-state index >= 15 is 0 Å². The standard InChI is InChI=1S/C25H24F2N2O5/c26-25(27,23(32)29-14-9-10-21(29)19(11-14)22(30)31)13-28-24(33)34-12-20-17-7-3-1-5-15(17)16-6-2-4-8-18(16)20/h1-8,14,19-21H,9-13H2,(H,28,33)(H,30,31). The van der Waals surface area contributed by atoms with Crippen LogP contribution in [0.4, 0.5) is 13.6 Å². The summed E-state index contributed by atoms with van der Waals surface area (Å²) in [4.78, 5) is 37.1. The predicted molar refractivity (Wildman–Crippen MR) is 117 cm³/mol. The van der Waals surface area contributed by atoms with Crippen LogP contribution >= 0.6 is 0 Å². The number of carbonyl (C=O) groups is 3. The Bertz CT molecular complexity index is 1110. The van der Waals surface area contributed by atoms with Crippen molar-refractivity contribution in [3.8, 4) is 11.1 Å². The molecule has 2 amide bonds. The Labute approximate surface area is 194 Å². The number of alkyl carbamates (subject to hydrolysis) is 1. The van der Waals surface area contributed by atoms with Crippen LogP contribution < -0.4 is 5.32 Å². The van der Waals surface area contributed by atoms with E-state index in [9.17, 15) is 28.3 Å². The number of carboxylic acids is 1. The van der Waals surface area contributed by atoms with Crippen LogP contribution in [-0.2, 0) is 14.3 Å². The SMILES string of the molecule is O=C(NCC(F)(F)C(=O)N1C2CCC1C(C(=O)O)C2)OCC1c2ccccc2-c2ccccc21. The van der Waals surface area contributed by atoms with Gasteiger partial charge in [0.2, 0.25) is 0 Å². The molecule has 2 aliphatic heterocycles. The van der Waals surface area contributed by atoms with Crippen molar-refractivity contribution in [1.29, 1.82) is 0 Å². The van der Waals surface area contributed by atoms with Gasteiger partial charge in [-0.15, -0.1) is 0 Å². The summed E-state index contributed by atoms with van der Waals surface area (Å²) in [5.74, 6) is -7.42. The maximum Gasteiger partial charge on any atom is 0.407 e. The number of hydrogen-bond donors (Lipinski definition) is 2. The van der Waals surface area contributed by atoms with E-state index in [1.54, 1.807) is 0 Å². The molecule has 0 spiro atoms. The van der Waals surface area contributed by atoms with E-state index in [2.05, 4.69) is 0 Å². The Balaban J connectivity index is 1.19. The first-order chi connectivity index (χ1) is 16.3. The van der Waals surface area contributed by atoms with Crippen molar-refractivity contribution in [1.82, 2.24) is 10.2 Å². The van der Waals surface area contributed by atoms with E-state index in [-0.39, 0.29) is 18.9 Å². The molecule has 9 heteroatoms. The summed E-state index contributed by atoms with van der Waals surface area (Å²) in [5.41, 5.74) is 4.08. The molecule has 2 aromatic carbocycles. The lowest BCUT2D eigenvalue weighted by Crippen LogP contribution is -2.52. The Morgan fingerprint density at radius 1 is 1.03 bits per heavy atom. The second-order valence-corrected chi connectivity index (χ2v) is 9.07. The monoisotopic (exact) mass is 470 g/mol. The van der Waals surface area contributed by atoms with Gasteiger partial charge in [-0.2, -0.15) is 8.78 Å². The van der Waals surface area contributed by atoms with Crippen LogP contribution in [0.2, 0.25) is 0 Å². The molecule has 5 rings (SSSR count). The van der Waals surface area contributed by atoms with Gasteiger partial charge in [0.15, 0.2) is 0 Å². The zero-order valence-corrected chi connectivity index (χ0v) is 18.2. The lowest BCUT2D eigenvalue weighted by Gasteiger charge is -2.27. The van der Waals surface area contributed by atoms with E-state index in [1.165, 1.54) is 0 Å². The number of carboxylic acid groups (broad SMARTS) is 1. The van der Waals surface area contributed by atoms with Gasteiger partial charge < -0.3 is 20.1 Å². The fourth-order valence-electron chi connectivity index (χ4n) is 5.67. The van der Waals surface area contributed by atoms with Gasteiger partial charge in [0.1, 0.15) is 6.61 Å². The summed E-state index contributed by atoms with van der Waals surface area (Å²) in [5, 5.41) is 11.3. The minimum atomic E-state index is -3.86. The average Bonchev–Trinajstić information content (AvgIpc) is 3.50. The summed E-state index contributed by atoms with van der Waals surface area (Å²) < 4.78 is 34.6. The molecule has 2 saturated heterocycles. The maximum absolute atomic E-state index is 14.7. The van der Waals surface area contributed by atoms with Crippen LogP contribution in [0.5, 0.6) is 0 Å². The molecule has 2 fully saturated rings.